The lowest BCUT2D eigenvalue weighted by Crippen LogP contribution is -2.22. The molecular formula is C11H12ClNO2S. The van der Waals surface area contributed by atoms with E-state index in [1.54, 1.807) is 23.9 Å². The van der Waals surface area contributed by atoms with Crippen molar-refractivity contribution in [1.82, 2.24) is 0 Å². The maximum absolute atomic E-state index is 11.8. The number of carbonyl (C=O) groups excluding carboxylic acids is 1. The second-order valence-corrected chi connectivity index (χ2v) is 5.27. The number of halogens is 1. The summed E-state index contributed by atoms with van der Waals surface area (Å²) in [5.74, 6) is 2.09. The van der Waals surface area contributed by atoms with Crippen LogP contribution in [0, 0.1) is 5.92 Å². The molecule has 1 unspecified atom stereocenters. The molecular weight excluding hydrogens is 246 g/mol. The highest BCUT2D eigenvalue weighted by Crippen LogP contribution is 2.28. The Morgan fingerprint density at radius 3 is 3.00 bits per heavy atom. The Bertz CT molecular complexity index is 405. The summed E-state index contributed by atoms with van der Waals surface area (Å²) in [7, 11) is 0. The zero-order chi connectivity index (χ0) is 11.5. The van der Waals surface area contributed by atoms with E-state index < -0.39 is 0 Å². The Labute approximate surface area is 103 Å². The van der Waals surface area contributed by atoms with Crippen LogP contribution in [0.3, 0.4) is 0 Å². The number of anilines is 1. The molecule has 1 saturated heterocycles. The van der Waals surface area contributed by atoms with Crippen LogP contribution >= 0.6 is 23.4 Å². The van der Waals surface area contributed by atoms with Crippen LogP contribution in [0.5, 0.6) is 5.75 Å². The second-order valence-electron chi connectivity index (χ2n) is 3.72. The van der Waals surface area contributed by atoms with E-state index in [1.165, 1.54) is 6.07 Å². The maximum atomic E-state index is 11.8. The molecule has 0 bridgehead atoms. The number of thioether (sulfide) groups is 1. The molecule has 1 aliphatic heterocycles. The van der Waals surface area contributed by atoms with Gasteiger partial charge in [-0.1, -0.05) is 11.6 Å². The van der Waals surface area contributed by atoms with E-state index in [0.717, 1.165) is 17.9 Å². The summed E-state index contributed by atoms with van der Waals surface area (Å²) in [5, 5.41) is 12.3. The first kappa shape index (κ1) is 11.6. The molecule has 86 valence electrons. The molecule has 5 heteroatoms. The summed E-state index contributed by atoms with van der Waals surface area (Å²) >= 11 is 7.55. The number of phenolic OH excluding ortho intramolecular Hbond substituents is 1. The van der Waals surface area contributed by atoms with Gasteiger partial charge in [0.25, 0.3) is 0 Å². The van der Waals surface area contributed by atoms with Crippen LogP contribution in [0.25, 0.3) is 0 Å². The molecule has 1 aromatic carbocycles. The van der Waals surface area contributed by atoms with E-state index in [-0.39, 0.29) is 22.6 Å². The van der Waals surface area contributed by atoms with E-state index in [2.05, 4.69) is 5.32 Å². The van der Waals surface area contributed by atoms with Crippen molar-refractivity contribution >= 4 is 35.0 Å². The molecule has 2 rings (SSSR count). The second kappa shape index (κ2) is 4.97. The quantitative estimate of drug-likeness (QED) is 0.801. The third-order valence-corrected chi connectivity index (χ3v) is 3.98. The molecule has 2 N–H and O–H groups in total. The van der Waals surface area contributed by atoms with Crippen molar-refractivity contribution < 1.29 is 9.90 Å². The Morgan fingerprint density at radius 1 is 1.56 bits per heavy atom. The number of carbonyl (C=O) groups is 1. The summed E-state index contributed by atoms with van der Waals surface area (Å²) in [6.07, 6.45) is 0.933. The minimum Gasteiger partial charge on any atom is -0.506 e. The van der Waals surface area contributed by atoms with Crippen LogP contribution in [-0.2, 0) is 4.79 Å². The molecule has 1 fully saturated rings. The van der Waals surface area contributed by atoms with Gasteiger partial charge in [0.2, 0.25) is 5.91 Å². The van der Waals surface area contributed by atoms with Gasteiger partial charge in [-0.2, -0.15) is 11.8 Å². The number of aromatic hydroxyl groups is 1. The lowest BCUT2D eigenvalue weighted by Gasteiger charge is -2.10. The van der Waals surface area contributed by atoms with Crippen molar-refractivity contribution in [3.8, 4) is 5.75 Å². The van der Waals surface area contributed by atoms with Gasteiger partial charge >= 0.3 is 0 Å². The van der Waals surface area contributed by atoms with E-state index in [4.69, 9.17) is 11.6 Å². The number of hydrogen-bond acceptors (Lipinski definition) is 3. The Balaban J connectivity index is 2.02. The lowest BCUT2D eigenvalue weighted by atomic mass is 10.1. The average molecular weight is 258 g/mol. The number of hydrogen-bond donors (Lipinski definition) is 2. The number of benzene rings is 1. The topological polar surface area (TPSA) is 49.3 Å². The smallest absolute Gasteiger partial charge is 0.228 e. The molecule has 0 radical (unpaired) electrons. The number of nitrogens with one attached hydrogen (secondary N) is 1. The molecule has 1 aromatic rings. The van der Waals surface area contributed by atoms with Gasteiger partial charge in [-0.05, 0) is 30.4 Å². The Kier molecular flexibility index (Phi) is 3.61. The van der Waals surface area contributed by atoms with Crippen molar-refractivity contribution in [2.45, 2.75) is 6.42 Å². The summed E-state index contributed by atoms with van der Waals surface area (Å²) in [6.45, 7) is 0. The SMILES string of the molecule is O=C(Nc1ccc(O)c(Cl)c1)C1CCSC1. The monoisotopic (exact) mass is 257 g/mol. The first-order valence-corrected chi connectivity index (χ1v) is 6.57. The molecule has 0 aromatic heterocycles. The highest BCUT2D eigenvalue weighted by atomic mass is 35.5. The minimum absolute atomic E-state index is 0.0242. The van der Waals surface area contributed by atoms with Gasteiger partial charge in [0.15, 0.2) is 0 Å². The number of amides is 1. The highest BCUT2D eigenvalue weighted by molar-refractivity contribution is 7.99. The Hall–Kier alpha value is -0.870. The zero-order valence-electron chi connectivity index (χ0n) is 8.57. The van der Waals surface area contributed by atoms with E-state index in [9.17, 15) is 9.90 Å². The van der Waals surface area contributed by atoms with Crippen LogP contribution in [0.1, 0.15) is 6.42 Å². The number of rotatable bonds is 2. The number of phenols is 1. The minimum atomic E-state index is 0.0242. The fraction of sp³-hybridized carbons (Fsp3) is 0.364. The van der Waals surface area contributed by atoms with Crippen LogP contribution in [0.4, 0.5) is 5.69 Å². The first-order chi connectivity index (χ1) is 7.66. The summed E-state index contributed by atoms with van der Waals surface area (Å²) in [5.41, 5.74) is 0.629. The van der Waals surface area contributed by atoms with Crippen molar-refractivity contribution in [3.63, 3.8) is 0 Å². The van der Waals surface area contributed by atoms with Crippen molar-refractivity contribution in [1.29, 1.82) is 0 Å². The largest absolute Gasteiger partial charge is 0.506 e. The molecule has 1 atom stereocenters. The predicted molar refractivity (Wildman–Crippen MR) is 67.2 cm³/mol. The van der Waals surface area contributed by atoms with Gasteiger partial charge < -0.3 is 10.4 Å². The van der Waals surface area contributed by atoms with Crippen molar-refractivity contribution in [3.05, 3.63) is 23.2 Å². The van der Waals surface area contributed by atoms with E-state index in [0.29, 0.717) is 5.69 Å². The average Bonchev–Trinajstić information content (AvgIpc) is 2.77. The molecule has 16 heavy (non-hydrogen) atoms. The third-order valence-electron chi connectivity index (χ3n) is 2.52. The van der Waals surface area contributed by atoms with Crippen molar-refractivity contribution in [2.24, 2.45) is 5.92 Å². The molecule has 0 saturated carbocycles. The first-order valence-electron chi connectivity index (χ1n) is 5.04. The fourth-order valence-electron chi connectivity index (χ4n) is 1.57. The Morgan fingerprint density at radius 2 is 2.38 bits per heavy atom. The van der Waals surface area contributed by atoms with Gasteiger partial charge in [-0.25, -0.2) is 0 Å². The molecule has 3 nitrogen and oxygen atoms in total. The molecule has 1 amide bonds. The van der Waals surface area contributed by atoms with Gasteiger partial charge in [-0.3, -0.25) is 4.79 Å². The zero-order valence-corrected chi connectivity index (χ0v) is 10.1. The van der Waals surface area contributed by atoms with Crippen LogP contribution in [0.15, 0.2) is 18.2 Å². The summed E-state index contributed by atoms with van der Waals surface area (Å²) < 4.78 is 0. The van der Waals surface area contributed by atoms with Gasteiger partial charge in [-0.15, -0.1) is 0 Å². The lowest BCUT2D eigenvalue weighted by molar-refractivity contribution is -0.119. The van der Waals surface area contributed by atoms with Crippen molar-refractivity contribution in [2.75, 3.05) is 16.8 Å². The predicted octanol–water partition coefficient (Wildman–Crippen LogP) is 2.74. The summed E-state index contributed by atoms with van der Waals surface area (Å²) in [6, 6.07) is 4.67. The fourth-order valence-corrected chi connectivity index (χ4v) is 2.97. The van der Waals surface area contributed by atoms with Gasteiger partial charge in [0.1, 0.15) is 5.75 Å². The van der Waals surface area contributed by atoms with E-state index >= 15 is 0 Å². The summed E-state index contributed by atoms with van der Waals surface area (Å²) in [4.78, 5) is 11.8. The van der Waals surface area contributed by atoms with E-state index in [1.807, 2.05) is 0 Å². The highest BCUT2D eigenvalue weighted by Gasteiger charge is 2.23. The molecule has 1 heterocycles. The molecule has 0 aliphatic carbocycles. The van der Waals surface area contributed by atoms with Gasteiger partial charge in [0.05, 0.1) is 5.02 Å². The van der Waals surface area contributed by atoms with Gasteiger partial charge in [0, 0.05) is 17.4 Å². The maximum Gasteiger partial charge on any atom is 0.228 e. The van der Waals surface area contributed by atoms with Crippen LogP contribution in [0.2, 0.25) is 5.02 Å². The van der Waals surface area contributed by atoms with Crippen LogP contribution < -0.4 is 5.32 Å². The molecule has 1 aliphatic rings. The standard InChI is InChI=1S/C11H12ClNO2S/c12-9-5-8(1-2-10(9)14)13-11(15)7-3-4-16-6-7/h1-2,5,7,14H,3-4,6H2,(H,13,15). The van der Waals surface area contributed by atoms with Crippen LogP contribution in [-0.4, -0.2) is 22.5 Å². The third kappa shape index (κ3) is 2.62. The molecule has 0 spiro atoms. The normalized spacial score (nSPS) is 19.7.